The van der Waals surface area contributed by atoms with E-state index in [-0.39, 0.29) is 5.56 Å². The monoisotopic (exact) mass is 443 g/mol. The number of rotatable bonds is 6. The molecule has 6 rings (SSSR count). The number of nitrogens with zero attached hydrogens (tertiary/aromatic N) is 7. The zero-order valence-corrected chi connectivity index (χ0v) is 18.4. The maximum absolute atomic E-state index is 12.9. The molecule has 0 spiro atoms. The maximum Gasteiger partial charge on any atom is 0.262 e. The number of para-hydroxylation sites is 2. The molecule has 9 heteroatoms. The Morgan fingerprint density at radius 1 is 1.03 bits per heavy atom. The van der Waals surface area contributed by atoms with Gasteiger partial charge in [0.2, 0.25) is 10.9 Å². The van der Waals surface area contributed by atoms with Crippen molar-refractivity contribution in [3.05, 3.63) is 76.6 Å². The lowest BCUT2D eigenvalue weighted by Gasteiger charge is -2.09. The van der Waals surface area contributed by atoms with Crippen molar-refractivity contribution in [3.63, 3.8) is 0 Å². The Hall–Kier alpha value is -3.46. The molecule has 3 aromatic heterocycles. The second kappa shape index (κ2) is 7.59. The highest BCUT2D eigenvalue weighted by molar-refractivity contribution is 7.98. The molecule has 160 valence electrons. The summed E-state index contributed by atoms with van der Waals surface area (Å²) >= 11 is 1.54. The minimum atomic E-state index is -0.0421. The van der Waals surface area contributed by atoms with E-state index in [1.807, 2.05) is 58.5 Å². The Morgan fingerprint density at radius 3 is 2.59 bits per heavy atom. The van der Waals surface area contributed by atoms with E-state index in [0.717, 1.165) is 40.9 Å². The number of hydrogen-bond acceptors (Lipinski definition) is 6. The third kappa shape index (κ3) is 3.12. The quantitative estimate of drug-likeness (QED) is 0.371. The van der Waals surface area contributed by atoms with Crippen LogP contribution in [-0.2, 0) is 12.3 Å². The zero-order chi connectivity index (χ0) is 21.7. The molecule has 1 aliphatic rings. The Bertz CT molecular complexity index is 1500. The summed E-state index contributed by atoms with van der Waals surface area (Å²) in [6, 6.07) is 17.7. The van der Waals surface area contributed by atoms with Crippen molar-refractivity contribution in [2.75, 3.05) is 0 Å². The fraction of sp³-hybridized carbons (Fsp3) is 0.261. The van der Waals surface area contributed by atoms with E-state index in [4.69, 9.17) is 10.1 Å². The number of benzene rings is 2. The Morgan fingerprint density at radius 2 is 1.81 bits per heavy atom. The van der Waals surface area contributed by atoms with Gasteiger partial charge in [-0.3, -0.25) is 13.8 Å². The standard InChI is InChI=1S/C23H21N7OS/c1-2-28-21(31)17-10-6-7-11-18(17)29-19(25-26-23(28)29)14-32-22-24-20(15-12-13-15)30(27-22)16-8-4-3-5-9-16/h3-11,15H,2,12-14H2,1H3. The average Bonchev–Trinajstić information content (AvgIpc) is 3.45. The van der Waals surface area contributed by atoms with Gasteiger partial charge in [-0.1, -0.05) is 42.1 Å². The van der Waals surface area contributed by atoms with Gasteiger partial charge >= 0.3 is 0 Å². The first-order chi connectivity index (χ1) is 15.7. The van der Waals surface area contributed by atoms with E-state index < -0.39 is 0 Å². The van der Waals surface area contributed by atoms with Gasteiger partial charge in [-0.2, -0.15) is 0 Å². The molecule has 0 bridgehead atoms. The molecule has 0 saturated heterocycles. The maximum atomic E-state index is 12.9. The normalized spacial score (nSPS) is 13.9. The van der Waals surface area contributed by atoms with Crippen molar-refractivity contribution in [1.82, 2.24) is 33.9 Å². The molecule has 3 heterocycles. The highest BCUT2D eigenvalue weighted by Crippen LogP contribution is 2.40. The molecule has 8 nitrogen and oxygen atoms in total. The van der Waals surface area contributed by atoms with E-state index in [0.29, 0.717) is 29.4 Å². The molecule has 0 amide bonds. The van der Waals surface area contributed by atoms with Crippen molar-refractivity contribution in [3.8, 4) is 5.69 Å². The summed E-state index contributed by atoms with van der Waals surface area (Å²) in [4.78, 5) is 17.7. The Balaban J connectivity index is 1.39. The summed E-state index contributed by atoms with van der Waals surface area (Å²) in [6.07, 6.45) is 2.32. The van der Waals surface area contributed by atoms with Crippen LogP contribution in [0.25, 0.3) is 22.4 Å². The average molecular weight is 444 g/mol. The minimum Gasteiger partial charge on any atom is -0.277 e. The van der Waals surface area contributed by atoms with Gasteiger partial charge in [-0.25, -0.2) is 9.67 Å². The summed E-state index contributed by atoms with van der Waals surface area (Å²) in [5.74, 6) is 3.39. The van der Waals surface area contributed by atoms with E-state index in [2.05, 4.69) is 22.3 Å². The van der Waals surface area contributed by atoms with Crippen LogP contribution in [0.1, 0.15) is 37.3 Å². The van der Waals surface area contributed by atoms with Crippen molar-refractivity contribution in [2.24, 2.45) is 0 Å². The molecule has 0 unspecified atom stereocenters. The SMILES string of the molecule is CCn1c(=O)c2ccccc2n2c(CSc3nc(C4CC4)n(-c4ccccc4)n3)nnc12. The van der Waals surface area contributed by atoms with Crippen molar-refractivity contribution in [2.45, 2.75) is 43.1 Å². The highest BCUT2D eigenvalue weighted by Gasteiger charge is 2.30. The molecule has 2 aromatic carbocycles. The van der Waals surface area contributed by atoms with Crippen molar-refractivity contribution in [1.29, 1.82) is 0 Å². The number of aromatic nitrogens is 7. The zero-order valence-electron chi connectivity index (χ0n) is 17.5. The van der Waals surface area contributed by atoms with Crippen molar-refractivity contribution >= 4 is 28.4 Å². The molecule has 1 saturated carbocycles. The second-order valence-electron chi connectivity index (χ2n) is 7.88. The van der Waals surface area contributed by atoms with E-state index >= 15 is 0 Å². The summed E-state index contributed by atoms with van der Waals surface area (Å²) < 4.78 is 5.60. The van der Waals surface area contributed by atoms with Crippen LogP contribution in [0.5, 0.6) is 0 Å². The topological polar surface area (TPSA) is 82.9 Å². The second-order valence-corrected chi connectivity index (χ2v) is 8.82. The van der Waals surface area contributed by atoms with E-state index in [1.54, 1.807) is 16.3 Å². The summed E-state index contributed by atoms with van der Waals surface area (Å²) in [7, 11) is 0. The smallest absolute Gasteiger partial charge is 0.262 e. The number of fused-ring (bicyclic) bond motifs is 3. The molecule has 0 radical (unpaired) electrons. The molecule has 32 heavy (non-hydrogen) atoms. The van der Waals surface area contributed by atoms with Gasteiger partial charge in [0.1, 0.15) is 11.6 Å². The molecular weight excluding hydrogens is 422 g/mol. The van der Waals surface area contributed by atoms with Gasteiger partial charge in [0.05, 0.1) is 22.3 Å². The first kappa shape index (κ1) is 19.2. The van der Waals surface area contributed by atoms with Gasteiger partial charge in [-0.15, -0.1) is 15.3 Å². The lowest BCUT2D eigenvalue weighted by atomic mass is 10.2. The lowest BCUT2D eigenvalue weighted by molar-refractivity contribution is 0.735. The van der Waals surface area contributed by atoms with Crippen LogP contribution in [0.3, 0.4) is 0 Å². The van der Waals surface area contributed by atoms with Gasteiger partial charge < -0.3 is 0 Å². The third-order valence-corrected chi connectivity index (χ3v) is 6.61. The van der Waals surface area contributed by atoms with Crippen LogP contribution in [0, 0.1) is 0 Å². The first-order valence-corrected chi connectivity index (χ1v) is 11.7. The number of thioether (sulfide) groups is 1. The van der Waals surface area contributed by atoms with E-state index in [9.17, 15) is 4.79 Å². The summed E-state index contributed by atoms with van der Waals surface area (Å²) in [5, 5.41) is 14.9. The van der Waals surface area contributed by atoms with Crippen LogP contribution >= 0.6 is 11.8 Å². The molecule has 1 aliphatic carbocycles. The Labute approximate surface area is 187 Å². The third-order valence-electron chi connectivity index (χ3n) is 5.78. The highest BCUT2D eigenvalue weighted by atomic mass is 32.2. The minimum absolute atomic E-state index is 0.0421. The fourth-order valence-electron chi connectivity index (χ4n) is 4.05. The lowest BCUT2D eigenvalue weighted by Crippen LogP contribution is -2.22. The van der Waals surface area contributed by atoms with Crippen LogP contribution in [-0.4, -0.2) is 33.9 Å². The van der Waals surface area contributed by atoms with Gasteiger partial charge in [0.25, 0.3) is 5.56 Å². The summed E-state index contributed by atoms with van der Waals surface area (Å²) in [5.41, 5.74) is 1.80. The van der Waals surface area contributed by atoms with E-state index in [1.165, 1.54) is 0 Å². The summed E-state index contributed by atoms with van der Waals surface area (Å²) in [6.45, 7) is 2.48. The molecule has 0 atom stereocenters. The van der Waals surface area contributed by atoms with Crippen molar-refractivity contribution < 1.29 is 0 Å². The molecule has 5 aromatic rings. The van der Waals surface area contributed by atoms with Gasteiger partial charge in [0, 0.05) is 12.5 Å². The molecule has 1 fully saturated rings. The van der Waals surface area contributed by atoms with Crippen LogP contribution in [0.4, 0.5) is 0 Å². The van der Waals surface area contributed by atoms with Gasteiger partial charge in [-0.05, 0) is 44.0 Å². The van der Waals surface area contributed by atoms with Gasteiger partial charge in [0.15, 0.2) is 0 Å². The van der Waals surface area contributed by atoms with Crippen LogP contribution < -0.4 is 5.56 Å². The predicted molar refractivity (Wildman–Crippen MR) is 123 cm³/mol. The van der Waals surface area contributed by atoms with Crippen LogP contribution in [0.2, 0.25) is 0 Å². The number of hydrogen-bond donors (Lipinski definition) is 0. The number of aryl methyl sites for hydroxylation is 1. The predicted octanol–water partition coefficient (Wildman–Crippen LogP) is 3.81. The molecule has 0 N–H and O–H groups in total. The Kier molecular flexibility index (Phi) is 4.57. The molecule has 0 aliphatic heterocycles. The van der Waals surface area contributed by atoms with Crippen LogP contribution in [0.15, 0.2) is 64.5 Å². The fourth-order valence-corrected chi connectivity index (χ4v) is 4.80. The first-order valence-electron chi connectivity index (χ1n) is 10.8. The molecular formula is C23H21N7OS. The largest absolute Gasteiger partial charge is 0.277 e.